The Bertz CT molecular complexity index is 549. The molecule has 0 bridgehead atoms. The van der Waals surface area contributed by atoms with E-state index in [4.69, 9.17) is 11.6 Å². The molecule has 0 aliphatic heterocycles. The Morgan fingerprint density at radius 1 is 1.59 bits per heavy atom. The Hall–Kier alpha value is -1.96. The molecule has 2 heterocycles. The highest BCUT2D eigenvalue weighted by Crippen LogP contribution is 2.15. The molecule has 2 aromatic heterocycles. The lowest BCUT2D eigenvalue weighted by molar-refractivity contribution is 0.616. The summed E-state index contributed by atoms with van der Waals surface area (Å²) in [6, 6.07) is 0. The quantitative estimate of drug-likeness (QED) is 0.800. The summed E-state index contributed by atoms with van der Waals surface area (Å²) in [5.74, 6) is 0.473. The summed E-state index contributed by atoms with van der Waals surface area (Å²) in [5.41, 5.74) is 0.124. The van der Waals surface area contributed by atoms with Gasteiger partial charge in [0.2, 0.25) is 0 Å². The molecule has 17 heavy (non-hydrogen) atoms. The lowest BCUT2D eigenvalue weighted by atomic mass is 10.4. The van der Waals surface area contributed by atoms with Crippen molar-refractivity contribution in [1.29, 1.82) is 0 Å². The molecule has 0 amide bonds. The fourth-order valence-electron chi connectivity index (χ4n) is 1.25. The van der Waals surface area contributed by atoms with Gasteiger partial charge in [-0.05, 0) is 6.92 Å². The molecule has 0 radical (unpaired) electrons. The molecule has 2 rings (SSSR count). The molecule has 9 heteroatoms. The summed E-state index contributed by atoms with van der Waals surface area (Å²) >= 11 is 5.92. The maximum absolute atomic E-state index is 11.7. The molecule has 0 aliphatic rings. The topological polar surface area (TPSA) is 101 Å². The first-order valence-electron chi connectivity index (χ1n) is 4.94. The van der Waals surface area contributed by atoms with Gasteiger partial charge in [-0.3, -0.25) is 4.79 Å². The Balaban J connectivity index is 2.17. The standard InChI is InChI=1S/C8H10ClN7O/c1-2-16-8(17)7(9)5(3-11-16)10-4-6-12-14-15-13-6/h3,10H,2,4H2,1H3,(H,12,13,14,15). The van der Waals surface area contributed by atoms with Crippen molar-refractivity contribution < 1.29 is 0 Å². The van der Waals surface area contributed by atoms with Crippen molar-refractivity contribution in [3.63, 3.8) is 0 Å². The minimum absolute atomic E-state index is 0.102. The number of rotatable bonds is 4. The molecule has 90 valence electrons. The van der Waals surface area contributed by atoms with Crippen molar-refractivity contribution >= 4 is 17.3 Å². The van der Waals surface area contributed by atoms with Crippen LogP contribution < -0.4 is 10.9 Å². The number of nitrogens with zero attached hydrogens (tertiary/aromatic N) is 5. The third-order valence-corrected chi connectivity index (χ3v) is 2.48. The Labute approximate surface area is 101 Å². The Morgan fingerprint density at radius 2 is 2.41 bits per heavy atom. The van der Waals surface area contributed by atoms with E-state index in [9.17, 15) is 4.79 Å². The van der Waals surface area contributed by atoms with Crippen LogP contribution in [0.15, 0.2) is 11.0 Å². The summed E-state index contributed by atoms with van der Waals surface area (Å²) < 4.78 is 1.28. The number of tetrazole rings is 1. The molecule has 0 aliphatic carbocycles. The van der Waals surface area contributed by atoms with Gasteiger partial charge >= 0.3 is 0 Å². The zero-order valence-electron chi connectivity index (χ0n) is 9.01. The van der Waals surface area contributed by atoms with E-state index in [0.29, 0.717) is 24.6 Å². The van der Waals surface area contributed by atoms with E-state index in [2.05, 4.69) is 31.0 Å². The molecule has 0 saturated carbocycles. The number of aromatic amines is 1. The van der Waals surface area contributed by atoms with Crippen molar-refractivity contribution in [2.24, 2.45) is 0 Å². The largest absolute Gasteiger partial charge is 0.375 e. The molecule has 0 fully saturated rings. The molecular weight excluding hydrogens is 246 g/mol. The second kappa shape index (κ2) is 4.91. The Morgan fingerprint density at radius 3 is 3.06 bits per heavy atom. The first-order valence-corrected chi connectivity index (χ1v) is 5.32. The van der Waals surface area contributed by atoms with Crippen LogP contribution in [0.4, 0.5) is 5.69 Å². The van der Waals surface area contributed by atoms with Gasteiger partial charge in [-0.15, -0.1) is 10.2 Å². The monoisotopic (exact) mass is 255 g/mol. The number of H-pyrrole nitrogens is 1. The summed E-state index contributed by atoms with van der Waals surface area (Å²) in [6.07, 6.45) is 1.49. The minimum atomic E-state index is -0.327. The third kappa shape index (κ3) is 2.41. The minimum Gasteiger partial charge on any atom is -0.375 e. The average molecular weight is 256 g/mol. The average Bonchev–Trinajstić information content (AvgIpc) is 2.84. The lowest BCUT2D eigenvalue weighted by Crippen LogP contribution is -2.23. The molecular formula is C8H10ClN7O. The van der Waals surface area contributed by atoms with Crippen molar-refractivity contribution in [1.82, 2.24) is 30.4 Å². The number of anilines is 1. The van der Waals surface area contributed by atoms with Crippen LogP contribution in [-0.4, -0.2) is 30.4 Å². The van der Waals surface area contributed by atoms with Gasteiger partial charge < -0.3 is 5.32 Å². The maximum atomic E-state index is 11.7. The van der Waals surface area contributed by atoms with Gasteiger partial charge in [-0.2, -0.15) is 10.3 Å². The zero-order valence-corrected chi connectivity index (χ0v) is 9.77. The highest BCUT2D eigenvalue weighted by Gasteiger charge is 2.08. The predicted molar refractivity (Wildman–Crippen MR) is 60.7 cm³/mol. The van der Waals surface area contributed by atoms with E-state index in [-0.39, 0.29) is 10.6 Å². The summed E-state index contributed by atoms with van der Waals surface area (Å²) in [7, 11) is 0. The summed E-state index contributed by atoms with van der Waals surface area (Å²) in [5, 5.41) is 20.2. The van der Waals surface area contributed by atoms with Gasteiger partial charge in [0, 0.05) is 6.54 Å². The normalized spacial score (nSPS) is 10.5. The number of hydrogen-bond acceptors (Lipinski definition) is 6. The van der Waals surface area contributed by atoms with Gasteiger partial charge in [0.05, 0.1) is 18.4 Å². The van der Waals surface area contributed by atoms with Crippen LogP contribution in [0.1, 0.15) is 12.7 Å². The van der Waals surface area contributed by atoms with Crippen LogP contribution in [0.5, 0.6) is 0 Å². The first kappa shape index (κ1) is 11.5. The predicted octanol–water partition coefficient (Wildman–Crippen LogP) is 0.0418. The van der Waals surface area contributed by atoms with Crippen molar-refractivity contribution in [2.75, 3.05) is 5.32 Å². The van der Waals surface area contributed by atoms with Crippen LogP contribution >= 0.6 is 11.6 Å². The van der Waals surface area contributed by atoms with Gasteiger partial charge in [0.1, 0.15) is 5.02 Å². The van der Waals surface area contributed by atoms with Crippen LogP contribution in [0, 0.1) is 0 Å². The Kier molecular flexibility index (Phi) is 3.33. The van der Waals surface area contributed by atoms with Crippen LogP contribution in [0.3, 0.4) is 0 Å². The van der Waals surface area contributed by atoms with E-state index in [0.717, 1.165) is 0 Å². The third-order valence-electron chi connectivity index (χ3n) is 2.11. The van der Waals surface area contributed by atoms with E-state index in [1.54, 1.807) is 0 Å². The number of aromatic nitrogens is 6. The molecule has 2 N–H and O–H groups in total. The van der Waals surface area contributed by atoms with Gasteiger partial charge in [-0.1, -0.05) is 16.8 Å². The van der Waals surface area contributed by atoms with Crippen molar-refractivity contribution in [3.8, 4) is 0 Å². The summed E-state index contributed by atoms with van der Waals surface area (Å²) in [4.78, 5) is 11.7. The first-order chi connectivity index (χ1) is 8.22. The van der Waals surface area contributed by atoms with Gasteiger partial charge in [-0.25, -0.2) is 4.68 Å². The highest BCUT2D eigenvalue weighted by molar-refractivity contribution is 6.32. The fourth-order valence-corrected chi connectivity index (χ4v) is 1.46. The molecule has 0 spiro atoms. The molecule has 0 aromatic carbocycles. The maximum Gasteiger partial charge on any atom is 0.287 e. The fraction of sp³-hybridized carbons (Fsp3) is 0.375. The molecule has 0 saturated heterocycles. The smallest absolute Gasteiger partial charge is 0.287 e. The zero-order chi connectivity index (χ0) is 12.3. The van der Waals surface area contributed by atoms with Crippen molar-refractivity contribution in [3.05, 3.63) is 27.4 Å². The van der Waals surface area contributed by atoms with Crippen LogP contribution in [0.25, 0.3) is 0 Å². The number of nitrogens with one attached hydrogen (secondary N) is 2. The number of hydrogen-bond donors (Lipinski definition) is 2. The van der Waals surface area contributed by atoms with Crippen LogP contribution in [-0.2, 0) is 13.1 Å². The molecule has 2 aromatic rings. The van der Waals surface area contributed by atoms with E-state index in [1.165, 1.54) is 10.9 Å². The molecule has 0 unspecified atom stereocenters. The van der Waals surface area contributed by atoms with E-state index >= 15 is 0 Å². The van der Waals surface area contributed by atoms with Crippen LogP contribution in [0.2, 0.25) is 5.02 Å². The summed E-state index contributed by atoms with van der Waals surface area (Å²) in [6.45, 7) is 2.61. The number of aryl methyl sites for hydroxylation is 1. The SMILES string of the molecule is CCn1ncc(NCc2nn[nH]n2)c(Cl)c1=O. The van der Waals surface area contributed by atoms with Gasteiger partial charge in [0.15, 0.2) is 5.82 Å². The van der Waals surface area contributed by atoms with Crippen molar-refractivity contribution in [2.45, 2.75) is 20.0 Å². The van der Waals surface area contributed by atoms with E-state index < -0.39 is 0 Å². The van der Waals surface area contributed by atoms with E-state index in [1.807, 2.05) is 6.92 Å². The lowest BCUT2D eigenvalue weighted by Gasteiger charge is -2.07. The highest BCUT2D eigenvalue weighted by atomic mass is 35.5. The number of halogens is 1. The second-order valence-electron chi connectivity index (χ2n) is 3.17. The molecule has 0 atom stereocenters. The molecule has 8 nitrogen and oxygen atoms in total. The van der Waals surface area contributed by atoms with Gasteiger partial charge in [0.25, 0.3) is 5.56 Å². The second-order valence-corrected chi connectivity index (χ2v) is 3.55.